The molecule has 11 amide bonds. The largest absolute Gasteiger partial charge is 0.393 e. The number of aliphatic hydroxyl groups is 1. The first kappa shape index (κ1) is 61.9. The number of hydrogen-bond acceptors (Lipinski definition) is 12. The van der Waals surface area contributed by atoms with Crippen LogP contribution in [0.25, 0.3) is 0 Å². The van der Waals surface area contributed by atoms with Crippen molar-refractivity contribution in [1.82, 2.24) is 56.0 Å². The summed E-state index contributed by atoms with van der Waals surface area (Å²) in [5.41, 5.74) is 0. The maximum Gasteiger partial charge on any atom is 0.245 e. The van der Waals surface area contributed by atoms with E-state index in [0.717, 1.165) is 24.5 Å². The first-order valence-electron chi connectivity index (χ1n) is 22.8. The topological polar surface area (TPSA) is 288 Å². The summed E-state index contributed by atoms with van der Waals surface area (Å²) in [6.45, 7) is 9.39. The van der Waals surface area contributed by atoms with Crippen molar-refractivity contribution >= 4 is 65.0 Å². The van der Waals surface area contributed by atoms with E-state index in [9.17, 15) is 57.8 Å². The standard InChI is InChI=1S/C45H79N11O12/c1-15-17-18-19-31(57)21-34(58)50-32(16-2)45(68)54(12)26-38(62)51(9)24-36(60)47-23-37(61)55(13)33(20-28(3)4)42(65)48-22-35(59)49-30(7)44(67)53(11)25-39(63)52(10)27-40(64)56(14)41(29(5)6)43(66)46-8/h15,17,28-33,41,57H,16,18-27H2,1-14H3,(H,46,66)(H,47,60)(H,48,65)(H,49,59)(H,50,58)/b17-15+/t30?,31?,32-,33?,41?/m0/s1. The maximum absolute atomic E-state index is 13.3. The molecular weight excluding hydrogens is 887 g/mol. The molecule has 0 fully saturated rings. The Morgan fingerprint density at radius 1 is 0.603 bits per heavy atom. The van der Waals surface area contributed by atoms with E-state index < -0.39 is 122 Å². The van der Waals surface area contributed by atoms with E-state index in [4.69, 9.17) is 0 Å². The number of nitrogens with one attached hydrogen (secondary N) is 5. The Balaban J connectivity index is 5.19. The number of carbonyl (C=O) groups is 11. The van der Waals surface area contributed by atoms with Gasteiger partial charge in [0.25, 0.3) is 0 Å². The lowest BCUT2D eigenvalue weighted by molar-refractivity contribution is -0.145. The fraction of sp³-hybridized carbons (Fsp3) is 0.711. The first-order valence-corrected chi connectivity index (χ1v) is 22.8. The molecular formula is C45H79N11O12. The Bertz CT molecular complexity index is 1790. The van der Waals surface area contributed by atoms with Gasteiger partial charge in [-0.1, -0.05) is 46.8 Å². The molecule has 0 heterocycles. The molecule has 0 radical (unpaired) electrons. The lowest BCUT2D eigenvalue weighted by Crippen LogP contribution is -2.54. The highest BCUT2D eigenvalue weighted by atomic mass is 16.3. The molecule has 5 atom stereocenters. The zero-order valence-corrected chi connectivity index (χ0v) is 42.6. The molecule has 23 heteroatoms. The molecule has 0 aliphatic carbocycles. The molecule has 4 unspecified atom stereocenters. The van der Waals surface area contributed by atoms with Crippen molar-refractivity contribution in [2.45, 2.75) is 111 Å². The summed E-state index contributed by atoms with van der Waals surface area (Å²) in [6.07, 6.45) is 4.04. The van der Waals surface area contributed by atoms with Gasteiger partial charge in [0.1, 0.15) is 24.2 Å². The summed E-state index contributed by atoms with van der Waals surface area (Å²) in [5, 5.41) is 22.6. The van der Waals surface area contributed by atoms with E-state index in [2.05, 4.69) is 26.6 Å². The van der Waals surface area contributed by atoms with E-state index in [1.165, 1.54) is 61.2 Å². The maximum atomic E-state index is 13.3. The number of nitrogens with zero attached hydrogens (tertiary/aromatic N) is 6. The Hall–Kier alpha value is -6.13. The molecule has 0 saturated carbocycles. The van der Waals surface area contributed by atoms with Gasteiger partial charge in [-0.2, -0.15) is 0 Å². The smallest absolute Gasteiger partial charge is 0.245 e. The quantitative estimate of drug-likeness (QED) is 0.0431. The molecule has 0 spiro atoms. The van der Waals surface area contributed by atoms with Gasteiger partial charge in [-0.05, 0) is 51.4 Å². The molecule has 0 aromatic carbocycles. The highest BCUT2D eigenvalue weighted by Gasteiger charge is 2.32. The molecule has 23 nitrogen and oxygen atoms in total. The van der Waals surface area contributed by atoms with Gasteiger partial charge in [0.15, 0.2) is 0 Å². The van der Waals surface area contributed by atoms with Crippen LogP contribution in [0.15, 0.2) is 12.2 Å². The molecule has 0 rings (SSSR count). The van der Waals surface area contributed by atoms with Crippen LogP contribution in [0.2, 0.25) is 0 Å². The first-order chi connectivity index (χ1) is 31.6. The second-order valence-corrected chi connectivity index (χ2v) is 17.7. The van der Waals surface area contributed by atoms with E-state index in [-0.39, 0.29) is 43.6 Å². The van der Waals surface area contributed by atoms with Crippen LogP contribution in [0.1, 0.15) is 80.6 Å². The number of allylic oxidation sites excluding steroid dienone is 2. The van der Waals surface area contributed by atoms with Gasteiger partial charge in [-0.3, -0.25) is 52.7 Å². The average molecular weight is 966 g/mol. The third kappa shape index (κ3) is 22.1. The van der Waals surface area contributed by atoms with Crippen LogP contribution >= 0.6 is 0 Å². The van der Waals surface area contributed by atoms with Crippen LogP contribution in [0.5, 0.6) is 0 Å². The fourth-order valence-corrected chi connectivity index (χ4v) is 6.75. The van der Waals surface area contributed by atoms with Crippen LogP contribution in [0.3, 0.4) is 0 Å². The summed E-state index contributed by atoms with van der Waals surface area (Å²) < 4.78 is 0. The zero-order valence-electron chi connectivity index (χ0n) is 42.6. The second kappa shape index (κ2) is 31.0. The molecule has 0 bridgehead atoms. The fourth-order valence-electron chi connectivity index (χ4n) is 6.75. The minimum atomic E-state index is -1.12. The lowest BCUT2D eigenvalue weighted by Gasteiger charge is -2.31. The minimum absolute atomic E-state index is 0.0856. The van der Waals surface area contributed by atoms with Gasteiger partial charge in [0, 0.05) is 49.3 Å². The summed E-state index contributed by atoms with van der Waals surface area (Å²) in [4.78, 5) is 149. The van der Waals surface area contributed by atoms with Crippen LogP contribution < -0.4 is 26.6 Å². The van der Waals surface area contributed by atoms with E-state index in [0.29, 0.717) is 12.8 Å². The van der Waals surface area contributed by atoms with E-state index in [1.807, 2.05) is 32.9 Å². The molecule has 6 N–H and O–H groups in total. The lowest BCUT2D eigenvalue weighted by atomic mass is 10.0. The average Bonchev–Trinajstić information content (AvgIpc) is 3.26. The summed E-state index contributed by atoms with van der Waals surface area (Å²) in [5.74, 6) is -6.74. The summed E-state index contributed by atoms with van der Waals surface area (Å²) in [6, 6.07) is -3.88. The third-order valence-electron chi connectivity index (χ3n) is 10.9. The van der Waals surface area contributed by atoms with Crippen LogP contribution in [-0.2, 0) is 52.7 Å². The molecule has 0 aliphatic heterocycles. The Morgan fingerprint density at radius 3 is 1.66 bits per heavy atom. The van der Waals surface area contributed by atoms with Crippen LogP contribution in [0, 0.1) is 11.8 Å². The van der Waals surface area contributed by atoms with Crippen molar-refractivity contribution < 1.29 is 57.8 Å². The van der Waals surface area contributed by atoms with E-state index in [1.54, 1.807) is 20.8 Å². The number of hydrogen-bond donors (Lipinski definition) is 6. The molecule has 0 aromatic heterocycles. The molecule has 68 heavy (non-hydrogen) atoms. The van der Waals surface area contributed by atoms with Gasteiger partial charge in [-0.15, -0.1) is 0 Å². The molecule has 0 aliphatic rings. The van der Waals surface area contributed by atoms with Crippen molar-refractivity contribution in [2.75, 3.05) is 88.6 Å². The zero-order chi connectivity index (χ0) is 52.6. The van der Waals surface area contributed by atoms with Gasteiger partial charge in [-0.25, -0.2) is 0 Å². The Kier molecular flexibility index (Phi) is 28.2. The van der Waals surface area contributed by atoms with Crippen molar-refractivity contribution in [1.29, 1.82) is 0 Å². The Labute approximate surface area is 401 Å². The van der Waals surface area contributed by atoms with Gasteiger partial charge in [0.05, 0.1) is 51.8 Å². The SMILES string of the molecule is C/C=C/CCC(O)CC(=O)N[C@@H](CC)C(=O)N(C)CC(=O)N(C)CC(=O)NCC(=O)N(C)C(CC(C)C)C(=O)NCC(=O)NC(C)C(=O)N(C)CC(=O)N(C)CC(=O)N(C)C(C(=O)NC)C(C)C. The summed E-state index contributed by atoms with van der Waals surface area (Å²) >= 11 is 0. The van der Waals surface area contributed by atoms with Crippen molar-refractivity contribution in [3.05, 3.63) is 12.2 Å². The predicted molar refractivity (Wildman–Crippen MR) is 253 cm³/mol. The van der Waals surface area contributed by atoms with Crippen molar-refractivity contribution in [3.8, 4) is 0 Å². The van der Waals surface area contributed by atoms with Crippen molar-refractivity contribution in [2.24, 2.45) is 11.8 Å². The monoisotopic (exact) mass is 966 g/mol. The van der Waals surface area contributed by atoms with Crippen LogP contribution in [0.4, 0.5) is 0 Å². The molecule has 386 valence electrons. The number of likely N-dealkylation sites (N-methyl/N-ethyl adjacent to an activating group) is 7. The van der Waals surface area contributed by atoms with Gasteiger partial charge < -0.3 is 61.1 Å². The third-order valence-corrected chi connectivity index (χ3v) is 10.9. The second-order valence-electron chi connectivity index (χ2n) is 17.7. The van der Waals surface area contributed by atoms with Crippen molar-refractivity contribution in [3.63, 3.8) is 0 Å². The highest BCUT2D eigenvalue weighted by Crippen LogP contribution is 2.12. The molecule has 0 saturated heterocycles. The Morgan fingerprint density at radius 2 is 1.15 bits per heavy atom. The number of amides is 11. The predicted octanol–water partition coefficient (Wildman–Crippen LogP) is -2.34. The highest BCUT2D eigenvalue weighted by molar-refractivity contribution is 5.96. The van der Waals surface area contributed by atoms with E-state index >= 15 is 0 Å². The normalized spacial score (nSPS) is 13.2. The minimum Gasteiger partial charge on any atom is -0.393 e. The molecule has 0 aromatic rings. The number of carbonyl (C=O) groups excluding carboxylic acids is 11. The van der Waals surface area contributed by atoms with Crippen LogP contribution in [-0.4, -0.2) is 218 Å². The number of aliphatic hydroxyl groups excluding tert-OH is 1. The van der Waals surface area contributed by atoms with Gasteiger partial charge in [0.2, 0.25) is 65.0 Å². The number of rotatable bonds is 29. The summed E-state index contributed by atoms with van der Waals surface area (Å²) in [7, 11) is 9.73. The van der Waals surface area contributed by atoms with Gasteiger partial charge >= 0.3 is 0 Å².